The van der Waals surface area contributed by atoms with Crippen molar-refractivity contribution in [2.45, 2.75) is 25.4 Å². The maximum absolute atomic E-state index is 5.04. The van der Waals surface area contributed by atoms with Gasteiger partial charge in [0, 0.05) is 47.3 Å². The third kappa shape index (κ3) is 3.86. The van der Waals surface area contributed by atoms with Crippen LogP contribution in [0.1, 0.15) is 18.5 Å². The number of hydrogen-bond acceptors (Lipinski definition) is 4. The summed E-state index contributed by atoms with van der Waals surface area (Å²) in [6.45, 7) is 2.88. The Morgan fingerprint density at radius 2 is 2.32 bits per heavy atom. The fourth-order valence-corrected chi connectivity index (χ4v) is 2.24. The van der Waals surface area contributed by atoms with E-state index in [0.29, 0.717) is 0 Å². The van der Waals surface area contributed by atoms with Crippen LogP contribution in [0.25, 0.3) is 0 Å². The molecule has 2 aromatic rings. The van der Waals surface area contributed by atoms with Crippen molar-refractivity contribution in [2.24, 2.45) is 0 Å². The molecule has 2 atom stereocenters. The van der Waals surface area contributed by atoms with E-state index in [0.717, 1.165) is 16.7 Å². The summed E-state index contributed by atoms with van der Waals surface area (Å²) >= 11 is 3.40. The van der Waals surface area contributed by atoms with Gasteiger partial charge in [0.1, 0.15) is 0 Å². The maximum atomic E-state index is 5.04. The standard InChI is InChI=1S/C13H17BrN4O/c1-10(17-19-2)12(8-18-6-5-15-9-18)13-4-3-11(14)7-16-13/h3-7,9-10,12,17H,8H2,1-2H3. The number of aromatic nitrogens is 3. The van der Waals surface area contributed by atoms with Crippen molar-refractivity contribution in [1.82, 2.24) is 20.0 Å². The van der Waals surface area contributed by atoms with Gasteiger partial charge in [-0.3, -0.25) is 4.98 Å². The van der Waals surface area contributed by atoms with Crippen LogP contribution >= 0.6 is 15.9 Å². The zero-order valence-electron chi connectivity index (χ0n) is 11.0. The van der Waals surface area contributed by atoms with E-state index in [2.05, 4.69) is 38.3 Å². The molecular formula is C13H17BrN4O. The Morgan fingerprint density at radius 3 is 2.89 bits per heavy atom. The lowest BCUT2D eigenvalue weighted by molar-refractivity contribution is 0.0552. The smallest absolute Gasteiger partial charge is 0.0946 e. The number of hydroxylamine groups is 1. The van der Waals surface area contributed by atoms with Gasteiger partial charge < -0.3 is 9.40 Å². The average Bonchev–Trinajstić information content (AvgIpc) is 2.90. The molecule has 0 amide bonds. The summed E-state index contributed by atoms with van der Waals surface area (Å²) in [5.74, 6) is 0.197. The van der Waals surface area contributed by atoms with Crippen LogP contribution in [-0.4, -0.2) is 27.7 Å². The molecule has 1 N–H and O–H groups in total. The lowest BCUT2D eigenvalue weighted by atomic mass is 9.97. The van der Waals surface area contributed by atoms with Gasteiger partial charge in [-0.2, -0.15) is 5.48 Å². The first-order chi connectivity index (χ1) is 9.20. The van der Waals surface area contributed by atoms with Crippen molar-refractivity contribution in [3.05, 3.63) is 47.2 Å². The van der Waals surface area contributed by atoms with E-state index >= 15 is 0 Å². The first kappa shape index (κ1) is 14.2. The van der Waals surface area contributed by atoms with Gasteiger partial charge in [0.15, 0.2) is 0 Å². The minimum atomic E-state index is 0.140. The van der Waals surface area contributed by atoms with E-state index in [1.165, 1.54) is 0 Å². The molecule has 0 radical (unpaired) electrons. The molecule has 6 heteroatoms. The number of pyridine rings is 1. The molecule has 0 saturated carbocycles. The second kappa shape index (κ2) is 6.79. The number of rotatable bonds is 6. The highest BCUT2D eigenvalue weighted by Gasteiger charge is 2.21. The molecule has 2 heterocycles. The topological polar surface area (TPSA) is 52.0 Å². The first-order valence-corrected chi connectivity index (χ1v) is 6.85. The van der Waals surface area contributed by atoms with Crippen LogP contribution in [-0.2, 0) is 11.4 Å². The van der Waals surface area contributed by atoms with Crippen LogP contribution in [0.2, 0.25) is 0 Å². The van der Waals surface area contributed by atoms with Gasteiger partial charge in [-0.1, -0.05) is 0 Å². The highest BCUT2D eigenvalue weighted by atomic mass is 79.9. The molecule has 2 unspecified atom stereocenters. The number of halogens is 1. The Balaban J connectivity index is 2.20. The van der Waals surface area contributed by atoms with Crippen molar-refractivity contribution in [1.29, 1.82) is 0 Å². The highest BCUT2D eigenvalue weighted by Crippen LogP contribution is 2.21. The van der Waals surface area contributed by atoms with Gasteiger partial charge in [-0.05, 0) is 35.0 Å². The third-order valence-electron chi connectivity index (χ3n) is 3.00. The van der Waals surface area contributed by atoms with Crippen molar-refractivity contribution in [2.75, 3.05) is 7.11 Å². The molecule has 0 saturated heterocycles. The van der Waals surface area contributed by atoms with E-state index in [9.17, 15) is 0 Å². The summed E-state index contributed by atoms with van der Waals surface area (Å²) in [6.07, 6.45) is 7.35. The molecule has 0 aliphatic rings. The summed E-state index contributed by atoms with van der Waals surface area (Å²) < 4.78 is 3.02. The summed E-state index contributed by atoms with van der Waals surface area (Å²) in [4.78, 5) is 13.6. The van der Waals surface area contributed by atoms with Crippen molar-refractivity contribution >= 4 is 15.9 Å². The lowest BCUT2D eigenvalue weighted by Gasteiger charge is -2.24. The van der Waals surface area contributed by atoms with Gasteiger partial charge in [-0.15, -0.1) is 0 Å². The maximum Gasteiger partial charge on any atom is 0.0946 e. The van der Waals surface area contributed by atoms with Crippen LogP contribution in [0.3, 0.4) is 0 Å². The minimum absolute atomic E-state index is 0.140. The quantitative estimate of drug-likeness (QED) is 0.829. The Morgan fingerprint density at radius 1 is 1.47 bits per heavy atom. The molecule has 2 rings (SSSR count). The molecule has 0 aliphatic carbocycles. The number of nitrogens with zero attached hydrogens (tertiary/aromatic N) is 3. The Bertz CT molecular complexity index is 486. The molecule has 102 valence electrons. The zero-order valence-corrected chi connectivity index (χ0v) is 12.5. The van der Waals surface area contributed by atoms with E-state index < -0.39 is 0 Å². The Kier molecular flexibility index (Phi) is 5.07. The van der Waals surface area contributed by atoms with Gasteiger partial charge >= 0.3 is 0 Å². The van der Waals surface area contributed by atoms with Gasteiger partial charge in [0.25, 0.3) is 0 Å². The molecule has 0 aromatic carbocycles. The van der Waals surface area contributed by atoms with Crippen molar-refractivity contribution in [3.8, 4) is 0 Å². The predicted molar refractivity (Wildman–Crippen MR) is 76.5 cm³/mol. The van der Waals surface area contributed by atoms with Gasteiger partial charge in [0.05, 0.1) is 13.4 Å². The molecule has 2 aromatic heterocycles. The van der Waals surface area contributed by atoms with Crippen LogP contribution in [0.15, 0.2) is 41.5 Å². The third-order valence-corrected chi connectivity index (χ3v) is 3.47. The summed E-state index contributed by atoms with van der Waals surface area (Å²) in [5, 5.41) is 0. The van der Waals surface area contributed by atoms with Gasteiger partial charge in [0.2, 0.25) is 0 Å². The summed E-state index contributed by atoms with van der Waals surface area (Å²) in [5.41, 5.74) is 4.01. The molecular weight excluding hydrogens is 308 g/mol. The van der Waals surface area contributed by atoms with Crippen LogP contribution in [0.4, 0.5) is 0 Å². The molecule has 5 nitrogen and oxygen atoms in total. The van der Waals surface area contributed by atoms with E-state index in [4.69, 9.17) is 4.84 Å². The van der Waals surface area contributed by atoms with Crippen molar-refractivity contribution in [3.63, 3.8) is 0 Å². The fourth-order valence-electron chi connectivity index (χ4n) is 2.00. The average molecular weight is 325 g/mol. The second-order valence-corrected chi connectivity index (χ2v) is 5.29. The molecule has 19 heavy (non-hydrogen) atoms. The first-order valence-electron chi connectivity index (χ1n) is 6.06. The Labute approximate surface area is 121 Å². The summed E-state index contributed by atoms with van der Waals surface area (Å²) in [6, 6.07) is 4.17. The van der Waals surface area contributed by atoms with Gasteiger partial charge in [-0.25, -0.2) is 4.98 Å². The SMILES string of the molecule is CONC(C)C(Cn1ccnc1)c1ccc(Br)cn1. The second-order valence-electron chi connectivity index (χ2n) is 4.38. The number of nitrogens with one attached hydrogen (secondary N) is 1. The highest BCUT2D eigenvalue weighted by molar-refractivity contribution is 9.10. The van der Waals surface area contributed by atoms with E-state index in [1.54, 1.807) is 13.3 Å². The fraction of sp³-hybridized carbons (Fsp3) is 0.385. The Hall–Kier alpha value is -1.24. The zero-order chi connectivity index (χ0) is 13.7. The van der Waals surface area contributed by atoms with Crippen LogP contribution in [0.5, 0.6) is 0 Å². The number of hydrogen-bond donors (Lipinski definition) is 1. The van der Waals surface area contributed by atoms with Crippen molar-refractivity contribution < 1.29 is 4.84 Å². The molecule has 0 spiro atoms. The van der Waals surface area contributed by atoms with Crippen LogP contribution < -0.4 is 5.48 Å². The predicted octanol–water partition coefficient (Wildman–Crippen LogP) is 2.36. The minimum Gasteiger partial charge on any atom is -0.337 e. The molecule has 0 bridgehead atoms. The summed E-state index contributed by atoms with van der Waals surface area (Å²) in [7, 11) is 1.62. The van der Waals surface area contributed by atoms with E-state index in [-0.39, 0.29) is 12.0 Å². The molecule has 0 fully saturated rings. The normalized spacial score (nSPS) is 14.3. The number of imidazole rings is 1. The largest absolute Gasteiger partial charge is 0.337 e. The van der Waals surface area contributed by atoms with E-state index in [1.807, 2.05) is 35.4 Å². The monoisotopic (exact) mass is 324 g/mol. The molecule has 0 aliphatic heterocycles. The lowest BCUT2D eigenvalue weighted by Crippen LogP contribution is -2.34. The van der Waals surface area contributed by atoms with Crippen LogP contribution in [0, 0.1) is 0 Å².